The molecule has 7 heteroatoms. The lowest BCUT2D eigenvalue weighted by Crippen LogP contribution is -2.46. The van der Waals surface area contributed by atoms with E-state index < -0.39 is 0 Å². The predicted molar refractivity (Wildman–Crippen MR) is 95.1 cm³/mol. The maximum absolute atomic E-state index is 12.2. The number of nitrogens with two attached hydrogens (primary N) is 1. The number of nitriles is 2. The fraction of sp³-hybridized carbons (Fsp3) is 0.529. The normalized spacial score (nSPS) is 11.5. The van der Waals surface area contributed by atoms with Crippen LogP contribution < -0.4 is 11.1 Å². The number of nitrogen functional groups attached to an aromatic ring is 1. The third-order valence-electron chi connectivity index (χ3n) is 3.05. The second kappa shape index (κ2) is 7.55. The van der Waals surface area contributed by atoms with Crippen LogP contribution in [-0.2, 0) is 4.79 Å². The molecular weight excluding hydrogens is 322 g/mol. The first-order chi connectivity index (χ1) is 11.0. The highest BCUT2D eigenvalue weighted by Gasteiger charge is 2.27. The van der Waals surface area contributed by atoms with Crippen LogP contribution in [0, 0.1) is 28.1 Å². The lowest BCUT2D eigenvalue weighted by atomic mass is 9.82. The van der Waals surface area contributed by atoms with Crippen LogP contribution in [0.4, 0.5) is 5.82 Å². The Morgan fingerprint density at radius 2 is 1.83 bits per heavy atom. The van der Waals surface area contributed by atoms with Crippen molar-refractivity contribution in [1.29, 1.82) is 10.5 Å². The van der Waals surface area contributed by atoms with E-state index in [9.17, 15) is 4.79 Å². The number of thioether (sulfide) groups is 1. The molecule has 1 heterocycles. The largest absolute Gasteiger partial charge is 0.383 e. The topological polar surface area (TPSA) is 116 Å². The summed E-state index contributed by atoms with van der Waals surface area (Å²) in [5.74, 6) is 0.0518. The molecule has 1 amide bonds. The summed E-state index contributed by atoms with van der Waals surface area (Å²) >= 11 is 1.14. The van der Waals surface area contributed by atoms with Crippen LogP contribution in [0.3, 0.4) is 0 Å². The van der Waals surface area contributed by atoms with Crippen LogP contribution in [0.5, 0.6) is 0 Å². The molecule has 0 bridgehead atoms. The molecule has 0 saturated heterocycles. The third-order valence-corrected chi connectivity index (χ3v) is 4.04. The number of nitrogens with zero attached hydrogens (tertiary/aromatic N) is 3. The molecule has 0 aliphatic rings. The Labute approximate surface area is 147 Å². The van der Waals surface area contributed by atoms with E-state index in [2.05, 4.69) is 31.1 Å². The SMILES string of the molecule is CC(C)(C)CC(C)(C)NC(=O)CSc1nc(N)c(C#N)cc1C#N. The predicted octanol–water partition coefficient (Wildman–Crippen LogP) is 2.83. The summed E-state index contributed by atoms with van der Waals surface area (Å²) in [5.41, 5.74) is 5.85. The molecule has 0 saturated carbocycles. The number of nitrogens with one attached hydrogen (secondary N) is 1. The number of aromatic nitrogens is 1. The van der Waals surface area contributed by atoms with Crippen LogP contribution in [0.25, 0.3) is 0 Å². The zero-order chi connectivity index (χ0) is 18.5. The van der Waals surface area contributed by atoms with Crippen molar-refractivity contribution in [2.75, 3.05) is 11.5 Å². The lowest BCUT2D eigenvalue weighted by Gasteiger charge is -2.33. The molecule has 0 radical (unpaired) electrons. The van der Waals surface area contributed by atoms with Gasteiger partial charge in [0, 0.05) is 5.54 Å². The number of amides is 1. The molecule has 1 aromatic heterocycles. The van der Waals surface area contributed by atoms with Gasteiger partial charge in [-0.05, 0) is 31.7 Å². The van der Waals surface area contributed by atoms with Gasteiger partial charge in [-0.25, -0.2) is 4.98 Å². The van der Waals surface area contributed by atoms with E-state index in [0.717, 1.165) is 18.2 Å². The monoisotopic (exact) mass is 345 g/mol. The number of hydrogen-bond donors (Lipinski definition) is 2. The molecule has 128 valence electrons. The lowest BCUT2D eigenvalue weighted by molar-refractivity contribution is -0.120. The Morgan fingerprint density at radius 1 is 1.25 bits per heavy atom. The Bertz CT molecular complexity index is 707. The second-order valence-corrected chi connectivity index (χ2v) is 8.42. The summed E-state index contributed by atoms with van der Waals surface area (Å²) in [5, 5.41) is 21.4. The summed E-state index contributed by atoms with van der Waals surface area (Å²) in [6, 6.07) is 5.26. The fourth-order valence-corrected chi connectivity index (χ4v) is 3.47. The summed E-state index contributed by atoms with van der Waals surface area (Å²) in [7, 11) is 0. The molecule has 3 N–H and O–H groups in total. The van der Waals surface area contributed by atoms with Crippen molar-refractivity contribution >= 4 is 23.5 Å². The Kier molecular flexibility index (Phi) is 6.22. The van der Waals surface area contributed by atoms with E-state index in [-0.39, 0.29) is 39.6 Å². The van der Waals surface area contributed by atoms with Gasteiger partial charge in [0.1, 0.15) is 23.0 Å². The van der Waals surface area contributed by atoms with Gasteiger partial charge in [0.2, 0.25) is 5.91 Å². The highest BCUT2D eigenvalue weighted by Crippen LogP contribution is 2.27. The van der Waals surface area contributed by atoms with Gasteiger partial charge in [-0.15, -0.1) is 0 Å². The van der Waals surface area contributed by atoms with E-state index in [1.165, 1.54) is 6.07 Å². The molecule has 0 fully saturated rings. The molecule has 6 nitrogen and oxygen atoms in total. The molecule has 24 heavy (non-hydrogen) atoms. The number of carbonyl (C=O) groups excluding carboxylic acids is 1. The number of rotatable bonds is 5. The minimum atomic E-state index is -0.328. The zero-order valence-electron chi connectivity index (χ0n) is 14.7. The fourth-order valence-electron chi connectivity index (χ4n) is 2.71. The summed E-state index contributed by atoms with van der Waals surface area (Å²) in [4.78, 5) is 16.3. The van der Waals surface area contributed by atoms with Crippen molar-refractivity contribution < 1.29 is 4.79 Å². The maximum atomic E-state index is 12.2. The molecule has 0 aliphatic carbocycles. The molecule has 0 aromatic carbocycles. The van der Waals surface area contributed by atoms with Gasteiger partial charge >= 0.3 is 0 Å². The van der Waals surface area contributed by atoms with E-state index in [1.807, 2.05) is 26.0 Å². The van der Waals surface area contributed by atoms with Gasteiger partial charge in [-0.3, -0.25) is 4.79 Å². The van der Waals surface area contributed by atoms with E-state index in [4.69, 9.17) is 16.3 Å². The van der Waals surface area contributed by atoms with Gasteiger partial charge in [-0.1, -0.05) is 32.5 Å². The molecule has 0 atom stereocenters. The Hall–Kier alpha value is -2.25. The molecule has 0 spiro atoms. The van der Waals surface area contributed by atoms with E-state index in [1.54, 1.807) is 0 Å². The van der Waals surface area contributed by atoms with Crippen molar-refractivity contribution in [1.82, 2.24) is 10.3 Å². The smallest absolute Gasteiger partial charge is 0.230 e. The first-order valence-corrected chi connectivity index (χ1v) is 8.50. The summed E-state index contributed by atoms with van der Waals surface area (Å²) in [6.07, 6.45) is 0.835. The number of pyridine rings is 1. The van der Waals surface area contributed by atoms with Crippen LogP contribution in [0.15, 0.2) is 11.1 Å². The van der Waals surface area contributed by atoms with Gasteiger partial charge in [0.15, 0.2) is 0 Å². The van der Waals surface area contributed by atoms with Gasteiger partial charge in [0.25, 0.3) is 0 Å². The maximum Gasteiger partial charge on any atom is 0.230 e. The van der Waals surface area contributed by atoms with E-state index >= 15 is 0 Å². The first kappa shape index (κ1) is 19.8. The third kappa shape index (κ3) is 6.10. The second-order valence-electron chi connectivity index (χ2n) is 7.46. The Morgan fingerprint density at radius 3 is 2.33 bits per heavy atom. The van der Waals surface area contributed by atoms with Crippen molar-refractivity contribution in [3.05, 3.63) is 17.2 Å². The molecular formula is C17H23N5OS. The molecule has 0 aliphatic heterocycles. The highest BCUT2D eigenvalue weighted by molar-refractivity contribution is 8.00. The Balaban J connectivity index is 2.77. The molecule has 1 rings (SSSR count). The van der Waals surface area contributed by atoms with Crippen LogP contribution in [-0.4, -0.2) is 22.2 Å². The van der Waals surface area contributed by atoms with Crippen molar-refractivity contribution in [2.45, 2.75) is 51.6 Å². The van der Waals surface area contributed by atoms with Crippen molar-refractivity contribution in [2.24, 2.45) is 5.41 Å². The number of anilines is 1. The minimum absolute atomic E-state index is 0.0625. The zero-order valence-corrected chi connectivity index (χ0v) is 15.5. The quantitative estimate of drug-likeness (QED) is 0.793. The number of hydrogen-bond acceptors (Lipinski definition) is 6. The van der Waals surface area contributed by atoms with Crippen molar-refractivity contribution in [3.63, 3.8) is 0 Å². The van der Waals surface area contributed by atoms with Crippen LogP contribution in [0.2, 0.25) is 0 Å². The standard InChI is InChI=1S/C17H23N5OS/c1-16(2,3)10-17(4,5)22-13(23)9-24-15-12(8-19)6-11(7-18)14(20)21-15/h6H,9-10H2,1-5H3,(H2,20,21)(H,22,23). The molecule has 0 unspecified atom stereocenters. The average Bonchev–Trinajstić information content (AvgIpc) is 2.41. The average molecular weight is 345 g/mol. The van der Waals surface area contributed by atoms with Gasteiger partial charge in [0.05, 0.1) is 16.9 Å². The first-order valence-electron chi connectivity index (χ1n) is 7.52. The van der Waals surface area contributed by atoms with Gasteiger partial charge in [-0.2, -0.15) is 10.5 Å². The van der Waals surface area contributed by atoms with Gasteiger partial charge < -0.3 is 11.1 Å². The molecule has 1 aromatic rings. The summed E-state index contributed by atoms with van der Waals surface area (Å²) < 4.78 is 0. The van der Waals surface area contributed by atoms with Crippen LogP contribution >= 0.6 is 11.8 Å². The summed E-state index contributed by atoms with van der Waals surface area (Å²) in [6.45, 7) is 10.3. The van der Waals surface area contributed by atoms with Crippen LogP contribution in [0.1, 0.15) is 52.2 Å². The highest BCUT2D eigenvalue weighted by atomic mass is 32.2. The van der Waals surface area contributed by atoms with Crippen molar-refractivity contribution in [3.8, 4) is 12.1 Å². The van der Waals surface area contributed by atoms with E-state index in [0.29, 0.717) is 5.03 Å². The number of carbonyl (C=O) groups is 1. The minimum Gasteiger partial charge on any atom is -0.383 e.